The zero-order valence-electron chi connectivity index (χ0n) is 10.6. The van der Waals surface area contributed by atoms with Gasteiger partial charge in [-0.15, -0.1) is 0 Å². The van der Waals surface area contributed by atoms with E-state index in [9.17, 15) is 0 Å². The summed E-state index contributed by atoms with van der Waals surface area (Å²) in [5.74, 6) is 0.940. The summed E-state index contributed by atoms with van der Waals surface area (Å²) < 4.78 is 0. The van der Waals surface area contributed by atoms with Crippen molar-refractivity contribution in [3.8, 4) is 11.3 Å². The van der Waals surface area contributed by atoms with Gasteiger partial charge in [-0.25, -0.2) is 9.97 Å². The Labute approximate surface area is 111 Å². The molecular formula is C16H13N3. The third-order valence-corrected chi connectivity index (χ3v) is 3.54. The summed E-state index contributed by atoms with van der Waals surface area (Å²) in [6.45, 7) is 2.79. The predicted octanol–water partition coefficient (Wildman–Crippen LogP) is 3.53. The molecule has 4 rings (SSSR count). The van der Waals surface area contributed by atoms with Crippen LogP contribution in [0.4, 0.5) is 5.82 Å². The Bertz CT molecular complexity index is 793. The molecule has 0 aliphatic carbocycles. The number of aromatic nitrogens is 2. The lowest BCUT2D eigenvalue weighted by Crippen LogP contribution is -2.11. The molecular weight excluding hydrogens is 234 g/mol. The van der Waals surface area contributed by atoms with E-state index < -0.39 is 0 Å². The van der Waals surface area contributed by atoms with Crippen LogP contribution in [0.25, 0.3) is 22.2 Å². The zero-order valence-corrected chi connectivity index (χ0v) is 10.6. The van der Waals surface area contributed by atoms with Crippen LogP contribution in [-0.2, 0) is 6.54 Å². The number of anilines is 1. The molecule has 0 atom stereocenters. The highest BCUT2D eigenvalue weighted by Gasteiger charge is 2.18. The molecule has 0 amide bonds. The highest BCUT2D eigenvalue weighted by molar-refractivity contribution is 5.87. The van der Waals surface area contributed by atoms with Crippen molar-refractivity contribution in [2.75, 3.05) is 5.32 Å². The summed E-state index contributed by atoms with van der Waals surface area (Å²) >= 11 is 0. The van der Waals surface area contributed by atoms with Gasteiger partial charge in [-0.3, -0.25) is 0 Å². The van der Waals surface area contributed by atoms with Crippen molar-refractivity contribution in [2.24, 2.45) is 0 Å². The van der Waals surface area contributed by atoms with Gasteiger partial charge in [0.2, 0.25) is 0 Å². The summed E-state index contributed by atoms with van der Waals surface area (Å²) in [4.78, 5) is 9.35. The molecule has 0 spiro atoms. The molecule has 3 nitrogen and oxygen atoms in total. The number of nitrogens with zero attached hydrogens (tertiary/aromatic N) is 2. The van der Waals surface area contributed by atoms with Gasteiger partial charge in [0, 0.05) is 23.2 Å². The minimum atomic E-state index is 0.788. The predicted molar refractivity (Wildman–Crippen MR) is 77.0 cm³/mol. The SMILES string of the molecule is Cc1ccc2c(n1)NCc1cc3ccccc3nc1-2. The lowest BCUT2D eigenvalue weighted by Gasteiger charge is -2.20. The number of hydrogen-bond acceptors (Lipinski definition) is 3. The Kier molecular flexibility index (Phi) is 2.09. The first-order valence-corrected chi connectivity index (χ1v) is 6.42. The Balaban J connectivity index is 2.02. The Morgan fingerprint density at radius 1 is 1.05 bits per heavy atom. The van der Waals surface area contributed by atoms with E-state index in [4.69, 9.17) is 4.98 Å². The van der Waals surface area contributed by atoms with Crippen LogP contribution < -0.4 is 5.32 Å². The normalized spacial score (nSPS) is 12.7. The maximum atomic E-state index is 4.81. The molecule has 0 bridgehead atoms. The third-order valence-electron chi connectivity index (χ3n) is 3.54. The highest BCUT2D eigenvalue weighted by Crippen LogP contribution is 2.34. The van der Waals surface area contributed by atoms with E-state index in [1.54, 1.807) is 0 Å². The van der Waals surface area contributed by atoms with Crippen molar-refractivity contribution in [3.05, 3.63) is 53.7 Å². The molecule has 1 N–H and O–H groups in total. The second kappa shape index (κ2) is 3.79. The van der Waals surface area contributed by atoms with Crippen LogP contribution in [0.3, 0.4) is 0 Å². The van der Waals surface area contributed by atoms with E-state index in [2.05, 4.69) is 34.6 Å². The largest absolute Gasteiger partial charge is 0.365 e. The minimum Gasteiger partial charge on any atom is -0.365 e. The highest BCUT2D eigenvalue weighted by atomic mass is 15.0. The molecule has 2 aromatic heterocycles. The standard InChI is InChI=1S/C16H13N3/c1-10-6-7-13-15-12(9-17-16(13)18-10)8-11-4-2-3-5-14(11)19-15/h2-8H,9H2,1H3,(H,17,18). The first kappa shape index (κ1) is 10.5. The van der Waals surface area contributed by atoms with Crippen LogP contribution in [-0.4, -0.2) is 9.97 Å². The fraction of sp³-hybridized carbons (Fsp3) is 0.125. The van der Waals surface area contributed by atoms with E-state index in [0.29, 0.717) is 0 Å². The van der Waals surface area contributed by atoms with E-state index >= 15 is 0 Å². The molecule has 0 radical (unpaired) electrons. The number of pyridine rings is 2. The second-order valence-electron chi connectivity index (χ2n) is 4.89. The number of rotatable bonds is 0. The summed E-state index contributed by atoms with van der Waals surface area (Å²) in [5, 5.41) is 4.56. The fourth-order valence-electron chi connectivity index (χ4n) is 2.59. The Morgan fingerprint density at radius 3 is 2.89 bits per heavy atom. The van der Waals surface area contributed by atoms with Gasteiger partial charge >= 0.3 is 0 Å². The van der Waals surface area contributed by atoms with Gasteiger partial charge in [-0.2, -0.15) is 0 Å². The summed E-state index contributed by atoms with van der Waals surface area (Å²) in [7, 11) is 0. The van der Waals surface area contributed by atoms with Crippen LogP contribution in [0.1, 0.15) is 11.3 Å². The van der Waals surface area contributed by atoms with E-state index in [1.165, 1.54) is 10.9 Å². The topological polar surface area (TPSA) is 37.8 Å². The van der Waals surface area contributed by atoms with Crippen LogP contribution in [0.2, 0.25) is 0 Å². The van der Waals surface area contributed by atoms with Crippen LogP contribution >= 0.6 is 0 Å². The number of hydrogen-bond donors (Lipinski definition) is 1. The van der Waals surface area contributed by atoms with Crippen molar-refractivity contribution in [2.45, 2.75) is 13.5 Å². The van der Waals surface area contributed by atoms with Gasteiger partial charge in [0.1, 0.15) is 5.82 Å². The second-order valence-corrected chi connectivity index (χ2v) is 4.89. The van der Waals surface area contributed by atoms with Gasteiger partial charge in [0.25, 0.3) is 0 Å². The van der Waals surface area contributed by atoms with E-state index in [1.807, 2.05) is 25.1 Å². The van der Waals surface area contributed by atoms with Gasteiger partial charge in [0.05, 0.1) is 11.2 Å². The molecule has 19 heavy (non-hydrogen) atoms. The smallest absolute Gasteiger partial charge is 0.135 e. The Morgan fingerprint density at radius 2 is 1.95 bits per heavy atom. The number of fused-ring (bicyclic) bond motifs is 4. The van der Waals surface area contributed by atoms with E-state index in [-0.39, 0.29) is 0 Å². The van der Waals surface area contributed by atoms with Crippen molar-refractivity contribution in [1.29, 1.82) is 0 Å². The number of benzene rings is 1. The van der Waals surface area contributed by atoms with Gasteiger partial charge in [-0.1, -0.05) is 18.2 Å². The molecule has 0 saturated carbocycles. The number of nitrogens with one attached hydrogen (secondary N) is 1. The molecule has 0 fully saturated rings. The molecule has 3 aromatic rings. The Hall–Kier alpha value is -2.42. The summed E-state index contributed by atoms with van der Waals surface area (Å²) in [6.07, 6.45) is 0. The van der Waals surface area contributed by atoms with Gasteiger partial charge < -0.3 is 5.32 Å². The first-order valence-electron chi connectivity index (χ1n) is 6.42. The monoisotopic (exact) mass is 247 g/mol. The average Bonchev–Trinajstić information content (AvgIpc) is 2.44. The van der Waals surface area contributed by atoms with Crippen LogP contribution in [0.5, 0.6) is 0 Å². The number of aryl methyl sites for hydroxylation is 1. The van der Waals surface area contributed by atoms with Crippen LogP contribution in [0.15, 0.2) is 42.5 Å². The average molecular weight is 247 g/mol. The van der Waals surface area contributed by atoms with E-state index in [0.717, 1.165) is 34.8 Å². The first-order chi connectivity index (χ1) is 9.31. The summed E-state index contributed by atoms with van der Waals surface area (Å²) in [5.41, 5.74) is 5.44. The fourth-order valence-corrected chi connectivity index (χ4v) is 2.59. The van der Waals surface area contributed by atoms with Crippen molar-refractivity contribution in [3.63, 3.8) is 0 Å². The maximum absolute atomic E-state index is 4.81. The molecule has 3 heterocycles. The van der Waals surface area contributed by atoms with Gasteiger partial charge in [0.15, 0.2) is 0 Å². The van der Waals surface area contributed by atoms with Crippen molar-refractivity contribution >= 4 is 16.7 Å². The van der Waals surface area contributed by atoms with Crippen molar-refractivity contribution in [1.82, 2.24) is 9.97 Å². The molecule has 1 aliphatic rings. The third kappa shape index (κ3) is 1.58. The molecule has 1 aliphatic heterocycles. The minimum absolute atomic E-state index is 0.788. The van der Waals surface area contributed by atoms with Crippen molar-refractivity contribution < 1.29 is 0 Å². The lowest BCUT2D eigenvalue weighted by molar-refractivity contribution is 1.05. The zero-order chi connectivity index (χ0) is 12.8. The molecule has 0 saturated heterocycles. The number of para-hydroxylation sites is 1. The molecule has 1 aromatic carbocycles. The summed E-state index contributed by atoms with van der Waals surface area (Å²) in [6, 6.07) is 14.6. The lowest BCUT2D eigenvalue weighted by atomic mass is 10.0. The maximum Gasteiger partial charge on any atom is 0.135 e. The quantitative estimate of drug-likeness (QED) is 0.660. The molecule has 0 unspecified atom stereocenters. The molecule has 92 valence electrons. The van der Waals surface area contributed by atoms with Crippen LogP contribution in [0, 0.1) is 6.92 Å². The van der Waals surface area contributed by atoms with Gasteiger partial charge in [-0.05, 0) is 36.8 Å². The molecule has 3 heteroatoms.